The summed E-state index contributed by atoms with van der Waals surface area (Å²) in [5.74, 6) is 0.113. The third-order valence-corrected chi connectivity index (χ3v) is 5.13. The second-order valence-electron chi connectivity index (χ2n) is 5.25. The van der Waals surface area contributed by atoms with Crippen molar-refractivity contribution in [1.82, 2.24) is 14.2 Å². The molecule has 0 saturated heterocycles. The fraction of sp³-hybridized carbons (Fsp3) is 0.538. The molecule has 0 aromatic carbocycles. The molecule has 8 heteroatoms. The molecule has 116 valence electrons. The van der Waals surface area contributed by atoms with Crippen LogP contribution in [0.5, 0.6) is 0 Å². The Morgan fingerprint density at radius 2 is 2.05 bits per heavy atom. The third kappa shape index (κ3) is 3.70. The fourth-order valence-corrected chi connectivity index (χ4v) is 2.76. The molecular formula is C13H19N3O4S. The van der Waals surface area contributed by atoms with E-state index in [1.165, 1.54) is 37.0 Å². The van der Waals surface area contributed by atoms with Gasteiger partial charge < -0.3 is 9.88 Å². The summed E-state index contributed by atoms with van der Waals surface area (Å²) >= 11 is 0. The largest absolute Gasteiger partial charge is 0.354 e. The summed E-state index contributed by atoms with van der Waals surface area (Å²) in [6.45, 7) is 0.550. The molecule has 0 atom stereocenters. The van der Waals surface area contributed by atoms with Crippen LogP contribution in [0.15, 0.2) is 28.0 Å². The first-order valence-electron chi connectivity index (χ1n) is 6.73. The molecule has 1 aliphatic rings. The van der Waals surface area contributed by atoms with E-state index in [0.29, 0.717) is 6.54 Å². The van der Waals surface area contributed by atoms with Crippen LogP contribution in [0.3, 0.4) is 0 Å². The molecule has 1 aromatic rings. The Hall–Kier alpha value is -1.67. The molecule has 21 heavy (non-hydrogen) atoms. The van der Waals surface area contributed by atoms with E-state index in [-0.39, 0.29) is 28.8 Å². The van der Waals surface area contributed by atoms with Crippen LogP contribution in [0, 0.1) is 5.92 Å². The Morgan fingerprint density at radius 1 is 1.38 bits per heavy atom. The molecule has 1 aliphatic carbocycles. The molecule has 1 heterocycles. The highest BCUT2D eigenvalue weighted by Crippen LogP contribution is 2.28. The fourth-order valence-electron chi connectivity index (χ4n) is 1.84. The number of amides is 1. The second kappa shape index (κ2) is 5.98. The Kier molecular flexibility index (Phi) is 4.48. The predicted molar refractivity (Wildman–Crippen MR) is 77.3 cm³/mol. The number of nitrogens with one attached hydrogen (secondary N) is 1. The van der Waals surface area contributed by atoms with E-state index < -0.39 is 10.0 Å². The van der Waals surface area contributed by atoms with E-state index in [4.69, 9.17) is 0 Å². The number of sulfonamides is 1. The topological polar surface area (TPSA) is 88.5 Å². The summed E-state index contributed by atoms with van der Waals surface area (Å²) in [7, 11) is -0.712. The average Bonchev–Trinajstić information content (AvgIpc) is 3.24. The molecule has 1 fully saturated rings. The van der Waals surface area contributed by atoms with Crippen LogP contribution < -0.4 is 10.9 Å². The van der Waals surface area contributed by atoms with Crippen molar-refractivity contribution >= 4 is 15.9 Å². The van der Waals surface area contributed by atoms with Crippen molar-refractivity contribution in [1.29, 1.82) is 0 Å². The molecule has 0 aliphatic heterocycles. The van der Waals surface area contributed by atoms with Crippen LogP contribution >= 0.6 is 0 Å². The van der Waals surface area contributed by atoms with Crippen LogP contribution in [0.25, 0.3) is 0 Å². The van der Waals surface area contributed by atoms with Crippen LogP contribution in [0.1, 0.15) is 12.8 Å². The van der Waals surface area contributed by atoms with E-state index in [2.05, 4.69) is 5.32 Å². The Labute approximate surface area is 123 Å². The summed E-state index contributed by atoms with van der Waals surface area (Å²) < 4.78 is 26.4. The quantitative estimate of drug-likeness (QED) is 0.776. The van der Waals surface area contributed by atoms with Gasteiger partial charge in [0.05, 0.1) is 4.90 Å². The van der Waals surface area contributed by atoms with Crippen molar-refractivity contribution in [2.45, 2.75) is 24.3 Å². The molecule has 7 nitrogen and oxygen atoms in total. The first-order chi connectivity index (χ1) is 9.82. The molecule has 2 rings (SSSR count). The van der Waals surface area contributed by atoms with Crippen LogP contribution in [0.2, 0.25) is 0 Å². The Balaban J connectivity index is 2.08. The number of pyridine rings is 1. The molecule has 1 amide bonds. The smallest absolute Gasteiger partial charge is 0.250 e. The Morgan fingerprint density at radius 3 is 2.62 bits per heavy atom. The lowest BCUT2D eigenvalue weighted by molar-refractivity contribution is -0.122. The number of hydrogen-bond acceptors (Lipinski definition) is 4. The molecule has 1 saturated carbocycles. The summed E-state index contributed by atoms with van der Waals surface area (Å²) in [6.07, 6.45) is 3.14. The van der Waals surface area contributed by atoms with Gasteiger partial charge in [-0.15, -0.1) is 0 Å². The molecule has 0 spiro atoms. The molecule has 1 N–H and O–H groups in total. The maximum atomic E-state index is 12.0. The number of nitrogens with zero attached hydrogens (tertiary/aromatic N) is 2. The van der Waals surface area contributed by atoms with Gasteiger partial charge in [-0.3, -0.25) is 9.59 Å². The monoisotopic (exact) mass is 313 g/mol. The average molecular weight is 313 g/mol. The standard InChI is InChI=1S/C13H19N3O4S/c1-15(2)21(19,20)11-5-6-12(17)16(9-11)8-7-14-13(18)10-3-4-10/h5-6,9-10H,3-4,7-8H2,1-2H3,(H,14,18). The SMILES string of the molecule is CN(C)S(=O)(=O)c1ccc(=O)n(CCNC(=O)C2CC2)c1. The summed E-state index contributed by atoms with van der Waals surface area (Å²) in [4.78, 5) is 23.3. The van der Waals surface area contributed by atoms with Crippen molar-refractivity contribution in [3.63, 3.8) is 0 Å². The zero-order valence-corrected chi connectivity index (χ0v) is 12.9. The molecule has 0 radical (unpaired) electrons. The number of hydrogen-bond donors (Lipinski definition) is 1. The van der Waals surface area contributed by atoms with Gasteiger partial charge in [-0.1, -0.05) is 0 Å². The highest BCUT2D eigenvalue weighted by atomic mass is 32.2. The van der Waals surface area contributed by atoms with Gasteiger partial charge in [0, 0.05) is 45.4 Å². The van der Waals surface area contributed by atoms with E-state index in [1.807, 2.05) is 0 Å². The van der Waals surface area contributed by atoms with Crippen LogP contribution in [0.4, 0.5) is 0 Å². The third-order valence-electron chi connectivity index (χ3n) is 3.33. The Bertz CT molecular complexity index is 690. The minimum atomic E-state index is -3.57. The van der Waals surface area contributed by atoms with Crippen molar-refractivity contribution in [3.8, 4) is 0 Å². The zero-order chi connectivity index (χ0) is 15.6. The van der Waals surface area contributed by atoms with E-state index >= 15 is 0 Å². The summed E-state index contributed by atoms with van der Waals surface area (Å²) in [5.41, 5.74) is -0.298. The number of carbonyl (C=O) groups excluding carboxylic acids is 1. The number of aromatic nitrogens is 1. The lowest BCUT2D eigenvalue weighted by Gasteiger charge is -2.13. The predicted octanol–water partition coefficient (Wildman–Crippen LogP) is -0.375. The first kappa shape index (κ1) is 15.7. The lowest BCUT2D eigenvalue weighted by atomic mass is 10.4. The molecule has 0 bridgehead atoms. The maximum Gasteiger partial charge on any atom is 0.250 e. The van der Waals surface area contributed by atoms with Crippen molar-refractivity contribution < 1.29 is 13.2 Å². The highest BCUT2D eigenvalue weighted by Gasteiger charge is 2.29. The van der Waals surface area contributed by atoms with Gasteiger partial charge in [-0.25, -0.2) is 12.7 Å². The summed E-state index contributed by atoms with van der Waals surface area (Å²) in [6, 6.07) is 2.51. The van der Waals surface area contributed by atoms with E-state index in [0.717, 1.165) is 17.1 Å². The summed E-state index contributed by atoms with van der Waals surface area (Å²) in [5, 5.41) is 2.74. The van der Waals surface area contributed by atoms with Crippen molar-refractivity contribution in [2.24, 2.45) is 5.92 Å². The number of rotatable bonds is 6. The minimum absolute atomic E-state index is 0.000108. The highest BCUT2D eigenvalue weighted by molar-refractivity contribution is 7.89. The van der Waals surface area contributed by atoms with Crippen LogP contribution in [-0.2, 0) is 21.4 Å². The van der Waals surface area contributed by atoms with Crippen LogP contribution in [-0.4, -0.2) is 43.8 Å². The number of carbonyl (C=O) groups is 1. The molecule has 0 unspecified atom stereocenters. The van der Waals surface area contributed by atoms with E-state index in [1.54, 1.807) is 0 Å². The molecule has 1 aromatic heterocycles. The van der Waals surface area contributed by atoms with Gasteiger partial charge in [0.2, 0.25) is 15.9 Å². The maximum absolute atomic E-state index is 12.0. The van der Waals surface area contributed by atoms with Gasteiger partial charge in [0.15, 0.2) is 0 Å². The second-order valence-corrected chi connectivity index (χ2v) is 7.40. The van der Waals surface area contributed by atoms with Gasteiger partial charge >= 0.3 is 0 Å². The molecular weight excluding hydrogens is 294 g/mol. The van der Waals surface area contributed by atoms with Gasteiger partial charge in [-0.2, -0.15) is 0 Å². The van der Waals surface area contributed by atoms with Crippen molar-refractivity contribution in [3.05, 3.63) is 28.7 Å². The normalized spacial score (nSPS) is 15.2. The van der Waals surface area contributed by atoms with Gasteiger partial charge in [0.25, 0.3) is 5.56 Å². The van der Waals surface area contributed by atoms with Gasteiger partial charge in [-0.05, 0) is 18.9 Å². The first-order valence-corrected chi connectivity index (χ1v) is 8.17. The zero-order valence-electron chi connectivity index (χ0n) is 12.1. The lowest BCUT2D eigenvalue weighted by Crippen LogP contribution is -2.32. The van der Waals surface area contributed by atoms with Gasteiger partial charge in [0.1, 0.15) is 0 Å². The minimum Gasteiger partial charge on any atom is -0.354 e. The van der Waals surface area contributed by atoms with Crippen molar-refractivity contribution in [2.75, 3.05) is 20.6 Å². The van der Waals surface area contributed by atoms with E-state index in [9.17, 15) is 18.0 Å².